The van der Waals surface area contributed by atoms with E-state index < -0.39 is 0 Å². The molecule has 0 aliphatic carbocycles. The summed E-state index contributed by atoms with van der Waals surface area (Å²) in [6.45, 7) is 19.4. The van der Waals surface area contributed by atoms with Gasteiger partial charge in [-0.25, -0.2) is 0 Å². The minimum atomic E-state index is 0.147. The molecule has 2 heteroatoms. The summed E-state index contributed by atoms with van der Waals surface area (Å²) in [5, 5.41) is 8.34. The maximum atomic E-state index is 8.34. The van der Waals surface area contributed by atoms with E-state index in [1.807, 2.05) is 20.8 Å². The second kappa shape index (κ2) is 43.4. The molecule has 0 unspecified atom stereocenters. The van der Waals surface area contributed by atoms with Gasteiger partial charge >= 0.3 is 0 Å². The number of unbranched alkanes of at least 4 members (excludes halogenated alkanes) is 3. The van der Waals surface area contributed by atoms with Crippen LogP contribution in [0.3, 0.4) is 0 Å². The van der Waals surface area contributed by atoms with E-state index in [0.29, 0.717) is 6.61 Å². The number of rotatable bonds is 7. The van der Waals surface area contributed by atoms with E-state index in [-0.39, 0.29) is 6.61 Å². The quantitative estimate of drug-likeness (QED) is 0.513. The third kappa shape index (κ3) is 104. The summed E-state index contributed by atoms with van der Waals surface area (Å²) in [6, 6.07) is 0. The topological polar surface area (TPSA) is 29.5 Å². The number of aliphatic hydroxyl groups excluding tert-OH is 1. The number of hydrogen-bond donors (Lipinski definition) is 1. The lowest BCUT2D eigenvalue weighted by Crippen LogP contribution is -2.00. The summed E-state index contributed by atoms with van der Waals surface area (Å²) < 4.78 is 5.08. The Morgan fingerprint density at radius 2 is 1.26 bits per heavy atom. The molecule has 0 bridgehead atoms. The average molecular weight is 272 g/mol. The zero-order valence-corrected chi connectivity index (χ0v) is 13.7. The Kier molecular flexibility index (Phi) is 60.9. The molecule has 0 amide bonds. The van der Waals surface area contributed by atoms with E-state index in [1.54, 1.807) is 18.2 Å². The average Bonchev–Trinajstić information content (AvgIpc) is 2.37. The molecule has 0 fully saturated rings. The van der Waals surface area contributed by atoms with Crippen molar-refractivity contribution >= 4 is 0 Å². The Balaban J connectivity index is -0.000000103. The monoisotopic (exact) mass is 272 g/mol. The van der Waals surface area contributed by atoms with Crippen LogP contribution in [0.25, 0.3) is 0 Å². The van der Waals surface area contributed by atoms with Gasteiger partial charge in [-0.2, -0.15) is 0 Å². The van der Waals surface area contributed by atoms with Gasteiger partial charge in [0.1, 0.15) is 0 Å². The smallest absolute Gasteiger partial charge is 0.0697 e. The molecule has 0 rings (SSSR count). The molecule has 2 nitrogen and oxygen atoms in total. The molecule has 0 heterocycles. The van der Waals surface area contributed by atoms with Crippen molar-refractivity contribution in [2.75, 3.05) is 19.8 Å². The van der Waals surface area contributed by atoms with Gasteiger partial charge in [0, 0.05) is 6.61 Å². The van der Waals surface area contributed by atoms with Crippen molar-refractivity contribution in [1.29, 1.82) is 0 Å². The van der Waals surface area contributed by atoms with Gasteiger partial charge in [0.05, 0.1) is 13.2 Å². The van der Waals surface area contributed by atoms with Crippen LogP contribution < -0.4 is 0 Å². The van der Waals surface area contributed by atoms with Gasteiger partial charge in [0.25, 0.3) is 0 Å². The van der Waals surface area contributed by atoms with Gasteiger partial charge < -0.3 is 9.84 Å². The lowest BCUT2D eigenvalue weighted by molar-refractivity contribution is 0.0896. The van der Waals surface area contributed by atoms with Crippen LogP contribution in [-0.2, 0) is 4.74 Å². The van der Waals surface area contributed by atoms with Gasteiger partial charge in [-0.05, 0) is 27.2 Å². The predicted molar refractivity (Wildman–Crippen MR) is 89.7 cm³/mol. The van der Waals surface area contributed by atoms with Crippen LogP contribution in [-0.4, -0.2) is 24.9 Å². The number of ether oxygens (including phenoxy) is 1. The highest BCUT2D eigenvalue weighted by Gasteiger charge is 1.87. The molecule has 116 valence electrons. The summed E-state index contributed by atoms with van der Waals surface area (Å²) in [4.78, 5) is 0. The van der Waals surface area contributed by atoms with E-state index in [4.69, 9.17) is 9.84 Å². The van der Waals surface area contributed by atoms with Crippen LogP contribution in [0.1, 0.15) is 53.4 Å². The highest BCUT2D eigenvalue weighted by Crippen LogP contribution is 1.98. The zero-order valence-electron chi connectivity index (χ0n) is 13.7. The fourth-order valence-corrected chi connectivity index (χ4v) is 0.798. The molecule has 0 atom stereocenters. The summed E-state index contributed by atoms with van der Waals surface area (Å²) in [6.07, 6.45) is 10.2. The van der Waals surface area contributed by atoms with Gasteiger partial charge in [-0.1, -0.05) is 44.4 Å². The SMILES string of the molecule is C=CC.C=CC.C=CC.CCCCCCOCCO. The van der Waals surface area contributed by atoms with E-state index in [9.17, 15) is 0 Å². The Hall–Kier alpha value is -0.860. The highest BCUT2D eigenvalue weighted by molar-refractivity contribution is 4.52. The highest BCUT2D eigenvalue weighted by atomic mass is 16.5. The van der Waals surface area contributed by atoms with E-state index >= 15 is 0 Å². The second-order valence-electron chi connectivity index (χ2n) is 3.62. The molecule has 0 spiro atoms. The molecule has 1 N–H and O–H groups in total. The molecule has 19 heavy (non-hydrogen) atoms. The van der Waals surface area contributed by atoms with Crippen LogP contribution in [0, 0.1) is 0 Å². The standard InChI is InChI=1S/C8H18O2.3C3H6/c1-2-3-4-5-7-10-8-6-9;3*1-3-2/h9H,2-8H2,1H3;3*3H,1H2,2H3. The van der Waals surface area contributed by atoms with Crippen LogP contribution >= 0.6 is 0 Å². The van der Waals surface area contributed by atoms with Crippen molar-refractivity contribution in [2.24, 2.45) is 0 Å². The van der Waals surface area contributed by atoms with Crippen LogP contribution in [0.4, 0.5) is 0 Å². The van der Waals surface area contributed by atoms with Crippen molar-refractivity contribution < 1.29 is 9.84 Å². The molecule has 0 aromatic heterocycles. The molecule has 0 radical (unpaired) electrons. The van der Waals surface area contributed by atoms with Gasteiger partial charge in [0.2, 0.25) is 0 Å². The number of allylic oxidation sites excluding steroid dienone is 3. The first-order valence-electron chi connectivity index (χ1n) is 7.06. The lowest BCUT2D eigenvalue weighted by atomic mass is 10.2. The van der Waals surface area contributed by atoms with Crippen molar-refractivity contribution in [2.45, 2.75) is 53.4 Å². The summed E-state index contributed by atoms with van der Waals surface area (Å²) in [7, 11) is 0. The van der Waals surface area contributed by atoms with Crippen molar-refractivity contribution in [3.8, 4) is 0 Å². The maximum absolute atomic E-state index is 8.34. The summed E-state index contributed by atoms with van der Waals surface area (Å²) in [5.74, 6) is 0. The minimum absolute atomic E-state index is 0.147. The third-order valence-electron chi connectivity index (χ3n) is 1.38. The maximum Gasteiger partial charge on any atom is 0.0697 e. The molecule has 0 aromatic rings. The lowest BCUT2D eigenvalue weighted by Gasteiger charge is -2.00. The van der Waals surface area contributed by atoms with Gasteiger partial charge in [-0.3, -0.25) is 0 Å². The second-order valence-corrected chi connectivity index (χ2v) is 3.62. The van der Waals surface area contributed by atoms with Crippen molar-refractivity contribution in [3.05, 3.63) is 38.0 Å². The molecular formula is C17H36O2. The molecular weight excluding hydrogens is 236 g/mol. The largest absolute Gasteiger partial charge is 0.394 e. The van der Waals surface area contributed by atoms with E-state index in [0.717, 1.165) is 13.0 Å². The van der Waals surface area contributed by atoms with E-state index in [2.05, 4.69) is 26.7 Å². The number of hydrogen-bond acceptors (Lipinski definition) is 2. The first kappa shape index (κ1) is 26.7. The third-order valence-corrected chi connectivity index (χ3v) is 1.38. The zero-order chi connectivity index (χ0) is 15.8. The fourth-order valence-electron chi connectivity index (χ4n) is 0.798. The minimum Gasteiger partial charge on any atom is -0.394 e. The molecule has 0 saturated heterocycles. The Labute approximate surface area is 121 Å². The summed E-state index contributed by atoms with van der Waals surface area (Å²) >= 11 is 0. The molecule has 0 aromatic carbocycles. The van der Waals surface area contributed by atoms with Crippen molar-refractivity contribution in [3.63, 3.8) is 0 Å². The van der Waals surface area contributed by atoms with Gasteiger partial charge in [-0.15, -0.1) is 19.7 Å². The van der Waals surface area contributed by atoms with Crippen molar-refractivity contribution in [1.82, 2.24) is 0 Å². The Morgan fingerprint density at radius 3 is 1.58 bits per heavy atom. The molecule has 0 aliphatic heterocycles. The first-order valence-corrected chi connectivity index (χ1v) is 7.06. The van der Waals surface area contributed by atoms with Crippen LogP contribution in [0.5, 0.6) is 0 Å². The fraction of sp³-hybridized carbons (Fsp3) is 0.647. The van der Waals surface area contributed by atoms with Gasteiger partial charge in [0.15, 0.2) is 0 Å². The normalized spacial score (nSPS) is 7.42. The Bertz CT molecular complexity index is 120. The van der Waals surface area contributed by atoms with Crippen LogP contribution in [0.2, 0.25) is 0 Å². The number of aliphatic hydroxyl groups is 1. The molecule has 0 aliphatic rings. The predicted octanol–water partition coefficient (Wildman–Crippen LogP) is 5.15. The Morgan fingerprint density at radius 1 is 0.842 bits per heavy atom. The summed E-state index contributed by atoms with van der Waals surface area (Å²) in [5.41, 5.74) is 0. The van der Waals surface area contributed by atoms with E-state index in [1.165, 1.54) is 19.3 Å². The molecule has 0 saturated carbocycles. The van der Waals surface area contributed by atoms with Crippen LogP contribution in [0.15, 0.2) is 38.0 Å². The first-order chi connectivity index (χ1) is 9.16.